The topological polar surface area (TPSA) is 74.3 Å². The first-order valence-electron chi connectivity index (χ1n) is 7.87. The number of sulfonamides is 1. The maximum atomic E-state index is 12.8. The van der Waals surface area contributed by atoms with Gasteiger partial charge in [-0.3, -0.25) is 0 Å². The minimum Gasteiger partial charge on any atom is -0.497 e. The molecule has 0 aliphatic heterocycles. The first-order chi connectivity index (χ1) is 12.4. The second-order valence-corrected chi connectivity index (χ2v) is 7.38. The number of methoxy groups -OCH3 is 3. The summed E-state index contributed by atoms with van der Waals surface area (Å²) in [6.45, 7) is 0.378. The van der Waals surface area contributed by atoms with Gasteiger partial charge in [0.25, 0.3) is 0 Å². The summed E-state index contributed by atoms with van der Waals surface area (Å²) in [6, 6.07) is 11.7. The van der Waals surface area contributed by atoms with Crippen LogP contribution in [0.1, 0.15) is 0 Å². The van der Waals surface area contributed by atoms with Crippen LogP contribution in [0.4, 0.5) is 0 Å². The van der Waals surface area contributed by atoms with Crippen LogP contribution in [-0.2, 0) is 10.0 Å². The summed E-state index contributed by atoms with van der Waals surface area (Å²) in [6.07, 6.45) is 0. The Hall–Kier alpha value is -2.45. The van der Waals surface area contributed by atoms with Crippen LogP contribution in [0.5, 0.6) is 23.0 Å². The molecule has 0 radical (unpaired) electrons. The number of ether oxygens (including phenoxy) is 4. The van der Waals surface area contributed by atoms with Crippen molar-refractivity contribution in [2.45, 2.75) is 4.90 Å². The molecule has 7 nitrogen and oxygen atoms in total. The van der Waals surface area contributed by atoms with Crippen molar-refractivity contribution in [2.75, 3.05) is 41.5 Å². The van der Waals surface area contributed by atoms with E-state index in [1.807, 2.05) is 0 Å². The van der Waals surface area contributed by atoms with Gasteiger partial charge in [-0.25, -0.2) is 8.42 Å². The molecule has 26 heavy (non-hydrogen) atoms. The molecule has 0 unspecified atom stereocenters. The largest absolute Gasteiger partial charge is 0.497 e. The van der Waals surface area contributed by atoms with Crippen molar-refractivity contribution in [2.24, 2.45) is 0 Å². The van der Waals surface area contributed by atoms with Gasteiger partial charge in [0, 0.05) is 19.7 Å². The molecular weight excluding hydrogens is 358 g/mol. The third-order valence-corrected chi connectivity index (χ3v) is 5.67. The number of nitrogens with zero attached hydrogens (tertiary/aromatic N) is 1. The van der Waals surface area contributed by atoms with E-state index in [1.54, 1.807) is 43.5 Å². The number of hydrogen-bond donors (Lipinski definition) is 0. The first kappa shape index (κ1) is 19.9. The maximum Gasteiger partial charge on any atom is 0.246 e. The fourth-order valence-electron chi connectivity index (χ4n) is 2.24. The van der Waals surface area contributed by atoms with E-state index in [-0.39, 0.29) is 23.8 Å². The quantitative estimate of drug-likeness (QED) is 0.664. The molecule has 0 atom stereocenters. The summed E-state index contributed by atoms with van der Waals surface area (Å²) in [7, 11) is 2.23. The highest BCUT2D eigenvalue weighted by atomic mass is 32.2. The summed E-state index contributed by atoms with van der Waals surface area (Å²) >= 11 is 0. The SMILES string of the molecule is COc1ccc(OCCN(C)S(=O)(=O)c2cc(OC)ccc2OC)cc1. The van der Waals surface area contributed by atoms with Crippen molar-refractivity contribution in [1.82, 2.24) is 4.31 Å². The van der Waals surface area contributed by atoms with E-state index in [9.17, 15) is 8.42 Å². The van der Waals surface area contributed by atoms with Crippen molar-refractivity contribution < 1.29 is 27.4 Å². The fraction of sp³-hybridized carbons (Fsp3) is 0.333. The summed E-state index contributed by atoms with van der Waals surface area (Å²) in [5.41, 5.74) is 0. The van der Waals surface area contributed by atoms with Gasteiger partial charge in [0.1, 0.15) is 34.5 Å². The van der Waals surface area contributed by atoms with Gasteiger partial charge >= 0.3 is 0 Å². The predicted octanol–water partition coefficient (Wildman–Crippen LogP) is 2.41. The number of benzene rings is 2. The molecule has 0 aliphatic rings. The lowest BCUT2D eigenvalue weighted by molar-refractivity contribution is 0.286. The number of rotatable bonds is 9. The Morgan fingerprint density at radius 3 is 2.00 bits per heavy atom. The highest BCUT2D eigenvalue weighted by Crippen LogP contribution is 2.30. The van der Waals surface area contributed by atoms with Gasteiger partial charge < -0.3 is 18.9 Å². The third kappa shape index (κ3) is 4.59. The molecule has 0 aromatic heterocycles. The van der Waals surface area contributed by atoms with Crippen molar-refractivity contribution in [3.8, 4) is 23.0 Å². The number of hydrogen-bond acceptors (Lipinski definition) is 6. The zero-order chi connectivity index (χ0) is 19.2. The van der Waals surface area contributed by atoms with Crippen LogP contribution in [0.2, 0.25) is 0 Å². The van der Waals surface area contributed by atoms with Gasteiger partial charge in [-0.05, 0) is 36.4 Å². The van der Waals surface area contributed by atoms with Gasteiger partial charge in [0.05, 0.1) is 21.3 Å². The molecule has 0 saturated heterocycles. The van der Waals surface area contributed by atoms with Crippen LogP contribution in [0.25, 0.3) is 0 Å². The molecule has 0 saturated carbocycles. The Bertz CT molecular complexity index is 820. The molecule has 0 spiro atoms. The number of likely N-dealkylation sites (N-methyl/N-ethyl adjacent to an activating group) is 1. The smallest absolute Gasteiger partial charge is 0.246 e. The van der Waals surface area contributed by atoms with Gasteiger partial charge in [-0.15, -0.1) is 0 Å². The standard InChI is InChI=1S/C18H23NO6S/c1-19(11-12-25-15-7-5-14(22-2)6-8-15)26(20,21)18-13-16(23-3)9-10-17(18)24-4/h5-10,13H,11-12H2,1-4H3. The third-order valence-electron chi connectivity index (χ3n) is 3.79. The summed E-state index contributed by atoms with van der Waals surface area (Å²) in [4.78, 5) is 0.0475. The van der Waals surface area contributed by atoms with Crippen molar-refractivity contribution in [1.29, 1.82) is 0 Å². The van der Waals surface area contributed by atoms with Crippen LogP contribution in [0.3, 0.4) is 0 Å². The Labute approximate surface area is 154 Å². The van der Waals surface area contributed by atoms with Crippen molar-refractivity contribution >= 4 is 10.0 Å². The van der Waals surface area contributed by atoms with E-state index in [4.69, 9.17) is 18.9 Å². The Balaban J connectivity index is 2.06. The second kappa shape index (κ2) is 8.77. The predicted molar refractivity (Wildman–Crippen MR) is 97.9 cm³/mol. The minimum atomic E-state index is -3.75. The zero-order valence-electron chi connectivity index (χ0n) is 15.3. The molecule has 142 valence electrons. The van der Waals surface area contributed by atoms with Crippen molar-refractivity contribution in [3.05, 3.63) is 42.5 Å². The van der Waals surface area contributed by atoms with Crippen LogP contribution in [0.15, 0.2) is 47.4 Å². The second-order valence-electron chi connectivity index (χ2n) is 5.37. The molecule has 2 aromatic rings. The van der Waals surface area contributed by atoms with E-state index in [2.05, 4.69) is 0 Å². The van der Waals surface area contributed by atoms with Gasteiger partial charge in [-0.1, -0.05) is 0 Å². The molecule has 0 N–H and O–H groups in total. The highest BCUT2D eigenvalue weighted by molar-refractivity contribution is 7.89. The molecule has 8 heteroatoms. The average Bonchev–Trinajstić information content (AvgIpc) is 2.67. The fourth-order valence-corrected chi connectivity index (χ4v) is 3.56. The van der Waals surface area contributed by atoms with Crippen LogP contribution >= 0.6 is 0 Å². The van der Waals surface area contributed by atoms with Crippen molar-refractivity contribution in [3.63, 3.8) is 0 Å². The summed E-state index contributed by atoms with van der Waals surface area (Å²) in [5, 5.41) is 0. The minimum absolute atomic E-state index is 0.0475. The van der Waals surface area contributed by atoms with Crippen LogP contribution < -0.4 is 18.9 Å². The lowest BCUT2D eigenvalue weighted by Crippen LogP contribution is -2.31. The molecule has 2 rings (SSSR count). The highest BCUT2D eigenvalue weighted by Gasteiger charge is 2.25. The Kier molecular flexibility index (Phi) is 6.70. The molecule has 0 heterocycles. The van der Waals surface area contributed by atoms with E-state index < -0.39 is 10.0 Å². The average molecular weight is 381 g/mol. The summed E-state index contributed by atoms with van der Waals surface area (Å²) in [5.74, 6) is 2.05. The molecule has 0 aliphatic carbocycles. The van der Waals surface area contributed by atoms with Gasteiger partial charge in [0.15, 0.2) is 0 Å². The van der Waals surface area contributed by atoms with Gasteiger partial charge in [0.2, 0.25) is 10.0 Å². The lowest BCUT2D eigenvalue weighted by Gasteiger charge is -2.19. The molecule has 0 fully saturated rings. The first-order valence-corrected chi connectivity index (χ1v) is 9.31. The van der Waals surface area contributed by atoms with Crippen LogP contribution in [0, 0.1) is 0 Å². The Morgan fingerprint density at radius 2 is 1.42 bits per heavy atom. The van der Waals surface area contributed by atoms with E-state index in [0.29, 0.717) is 11.5 Å². The monoisotopic (exact) mass is 381 g/mol. The molecular formula is C18H23NO6S. The Morgan fingerprint density at radius 1 is 0.846 bits per heavy atom. The molecule has 2 aromatic carbocycles. The zero-order valence-corrected chi connectivity index (χ0v) is 16.1. The molecule has 0 amide bonds. The summed E-state index contributed by atoms with van der Waals surface area (Å²) < 4.78 is 47.8. The lowest BCUT2D eigenvalue weighted by atomic mass is 10.3. The van der Waals surface area contributed by atoms with Crippen LogP contribution in [-0.4, -0.2) is 54.3 Å². The van der Waals surface area contributed by atoms with E-state index in [1.165, 1.54) is 31.6 Å². The maximum absolute atomic E-state index is 12.8. The van der Waals surface area contributed by atoms with E-state index >= 15 is 0 Å². The normalized spacial score (nSPS) is 11.3. The molecule has 0 bridgehead atoms. The van der Waals surface area contributed by atoms with Gasteiger partial charge in [-0.2, -0.15) is 4.31 Å². The van der Waals surface area contributed by atoms with E-state index in [0.717, 1.165) is 5.75 Å².